The molecule has 1 nitrogen and oxygen atoms in total. The molecule has 0 aliphatic rings. The van der Waals surface area contributed by atoms with Gasteiger partial charge in [-0.3, -0.25) is 0 Å². The molecule has 1 aromatic carbocycles. The van der Waals surface area contributed by atoms with Gasteiger partial charge >= 0.3 is 0 Å². The molecule has 0 saturated heterocycles. The molecular formula is C14H22FN. The van der Waals surface area contributed by atoms with Gasteiger partial charge in [0.2, 0.25) is 0 Å². The van der Waals surface area contributed by atoms with E-state index in [1.807, 2.05) is 19.1 Å². The Bertz CT molecular complexity index is 323. The lowest BCUT2D eigenvalue weighted by molar-refractivity contribution is 0.506. The zero-order chi connectivity index (χ0) is 12.0. The minimum absolute atomic E-state index is 0.0757. The van der Waals surface area contributed by atoms with Crippen molar-refractivity contribution in [1.29, 1.82) is 0 Å². The first-order valence-electron chi connectivity index (χ1n) is 6.12. The van der Waals surface area contributed by atoms with Gasteiger partial charge in [0.25, 0.3) is 0 Å². The van der Waals surface area contributed by atoms with E-state index in [1.54, 1.807) is 6.07 Å². The summed E-state index contributed by atoms with van der Waals surface area (Å²) in [5.41, 5.74) is 1.97. The van der Waals surface area contributed by atoms with Crippen molar-refractivity contribution in [3.63, 3.8) is 0 Å². The normalized spacial score (nSPS) is 12.8. The van der Waals surface area contributed by atoms with Crippen LogP contribution in [-0.4, -0.2) is 12.6 Å². The molecule has 1 aromatic rings. The summed E-state index contributed by atoms with van der Waals surface area (Å²) < 4.78 is 13.5. The monoisotopic (exact) mass is 223 g/mol. The molecule has 1 unspecified atom stereocenters. The lowest BCUT2D eigenvalue weighted by atomic mass is 10.0. The number of hydrogen-bond acceptors (Lipinski definition) is 1. The van der Waals surface area contributed by atoms with Gasteiger partial charge in [0, 0.05) is 6.04 Å². The van der Waals surface area contributed by atoms with Crippen molar-refractivity contribution in [3.05, 3.63) is 35.1 Å². The molecule has 16 heavy (non-hydrogen) atoms. The van der Waals surface area contributed by atoms with Crippen molar-refractivity contribution in [2.45, 2.75) is 46.1 Å². The summed E-state index contributed by atoms with van der Waals surface area (Å²) in [5.74, 6) is -0.0757. The number of rotatable bonds is 6. The SMILES string of the molecule is CCCNC(C)CCc1cc(C)ccc1F. The fourth-order valence-corrected chi connectivity index (χ4v) is 1.76. The molecule has 0 saturated carbocycles. The number of halogens is 1. The average molecular weight is 223 g/mol. The molecule has 1 rings (SSSR count). The van der Waals surface area contributed by atoms with Crippen LogP contribution in [0.5, 0.6) is 0 Å². The summed E-state index contributed by atoms with van der Waals surface area (Å²) in [6.07, 6.45) is 2.94. The smallest absolute Gasteiger partial charge is 0.126 e. The van der Waals surface area contributed by atoms with E-state index in [0.717, 1.165) is 36.9 Å². The van der Waals surface area contributed by atoms with Gasteiger partial charge in [-0.05, 0) is 51.3 Å². The Morgan fingerprint density at radius 3 is 2.81 bits per heavy atom. The molecule has 0 spiro atoms. The van der Waals surface area contributed by atoms with Crippen LogP contribution in [0, 0.1) is 12.7 Å². The second kappa shape index (κ2) is 6.64. The number of nitrogens with one attached hydrogen (secondary N) is 1. The fraction of sp³-hybridized carbons (Fsp3) is 0.571. The van der Waals surface area contributed by atoms with Crippen LogP contribution in [0.25, 0.3) is 0 Å². The first-order valence-corrected chi connectivity index (χ1v) is 6.12. The third-order valence-electron chi connectivity index (χ3n) is 2.79. The van der Waals surface area contributed by atoms with Gasteiger partial charge in [-0.15, -0.1) is 0 Å². The zero-order valence-electron chi connectivity index (χ0n) is 10.5. The van der Waals surface area contributed by atoms with Crippen LogP contribution in [0.2, 0.25) is 0 Å². The van der Waals surface area contributed by atoms with Crippen LogP contribution in [0.15, 0.2) is 18.2 Å². The van der Waals surface area contributed by atoms with Gasteiger partial charge in [0.1, 0.15) is 5.82 Å². The van der Waals surface area contributed by atoms with Crippen molar-refractivity contribution < 1.29 is 4.39 Å². The predicted molar refractivity (Wildman–Crippen MR) is 67.2 cm³/mol. The van der Waals surface area contributed by atoms with E-state index in [4.69, 9.17) is 0 Å². The first kappa shape index (κ1) is 13.2. The molecule has 1 N–H and O–H groups in total. The Kier molecular flexibility index (Phi) is 5.47. The molecule has 90 valence electrons. The summed E-state index contributed by atoms with van der Waals surface area (Å²) in [4.78, 5) is 0. The molecule has 0 aliphatic heterocycles. The highest BCUT2D eigenvalue weighted by atomic mass is 19.1. The summed E-state index contributed by atoms with van der Waals surface area (Å²) in [5, 5.41) is 3.41. The van der Waals surface area contributed by atoms with E-state index in [-0.39, 0.29) is 5.82 Å². The van der Waals surface area contributed by atoms with Crippen molar-refractivity contribution >= 4 is 0 Å². The number of aryl methyl sites for hydroxylation is 2. The van der Waals surface area contributed by atoms with Crippen molar-refractivity contribution in [1.82, 2.24) is 5.32 Å². The van der Waals surface area contributed by atoms with Gasteiger partial charge in [0.05, 0.1) is 0 Å². The van der Waals surface area contributed by atoms with E-state index in [9.17, 15) is 4.39 Å². The van der Waals surface area contributed by atoms with Gasteiger partial charge in [-0.1, -0.05) is 24.6 Å². The number of benzene rings is 1. The Morgan fingerprint density at radius 1 is 1.38 bits per heavy atom. The molecule has 0 heterocycles. The molecule has 2 heteroatoms. The third-order valence-corrected chi connectivity index (χ3v) is 2.79. The Labute approximate surface area is 98.1 Å². The second-order valence-electron chi connectivity index (χ2n) is 4.49. The van der Waals surface area contributed by atoms with Crippen LogP contribution in [-0.2, 0) is 6.42 Å². The highest BCUT2D eigenvalue weighted by Crippen LogP contribution is 2.13. The standard InChI is InChI=1S/C14H22FN/c1-4-9-16-12(3)6-7-13-10-11(2)5-8-14(13)15/h5,8,10,12,16H,4,6-7,9H2,1-3H3. The lowest BCUT2D eigenvalue weighted by Gasteiger charge is -2.13. The van der Waals surface area contributed by atoms with Gasteiger partial charge in [0.15, 0.2) is 0 Å². The topological polar surface area (TPSA) is 12.0 Å². The van der Waals surface area contributed by atoms with Crippen LogP contribution in [0.1, 0.15) is 37.8 Å². The summed E-state index contributed by atoms with van der Waals surface area (Å²) in [6.45, 7) is 7.35. The maximum atomic E-state index is 13.5. The van der Waals surface area contributed by atoms with E-state index < -0.39 is 0 Å². The van der Waals surface area contributed by atoms with Crippen LogP contribution in [0.3, 0.4) is 0 Å². The molecule has 0 fully saturated rings. The van der Waals surface area contributed by atoms with Crippen LogP contribution in [0.4, 0.5) is 4.39 Å². The molecule has 1 atom stereocenters. The Morgan fingerprint density at radius 2 is 2.12 bits per heavy atom. The maximum Gasteiger partial charge on any atom is 0.126 e. The summed E-state index contributed by atoms with van der Waals surface area (Å²) >= 11 is 0. The van der Waals surface area contributed by atoms with E-state index >= 15 is 0 Å². The third kappa shape index (κ3) is 4.31. The maximum absolute atomic E-state index is 13.5. The van der Waals surface area contributed by atoms with Gasteiger partial charge < -0.3 is 5.32 Å². The highest BCUT2D eigenvalue weighted by molar-refractivity contribution is 5.24. The van der Waals surface area contributed by atoms with Crippen LogP contribution >= 0.6 is 0 Å². The number of hydrogen-bond donors (Lipinski definition) is 1. The zero-order valence-corrected chi connectivity index (χ0v) is 10.5. The fourth-order valence-electron chi connectivity index (χ4n) is 1.76. The average Bonchev–Trinajstić information content (AvgIpc) is 2.27. The molecule has 0 aromatic heterocycles. The van der Waals surface area contributed by atoms with Gasteiger partial charge in [-0.25, -0.2) is 4.39 Å². The first-order chi connectivity index (χ1) is 7.63. The molecule has 0 amide bonds. The van der Waals surface area contributed by atoms with Crippen molar-refractivity contribution in [2.75, 3.05) is 6.54 Å². The van der Waals surface area contributed by atoms with E-state index in [0.29, 0.717) is 6.04 Å². The molecule has 0 aliphatic carbocycles. The van der Waals surface area contributed by atoms with E-state index in [1.165, 1.54) is 0 Å². The summed E-state index contributed by atoms with van der Waals surface area (Å²) in [6, 6.07) is 5.79. The largest absolute Gasteiger partial charge is 0.314 e. The van der Waals surface area contributed by atoms with Gasteiger partial charge in [-0.2, -0.15) is 0 Å². The van der Waals surface area contributed by atoms with Crippen molar-refractivity contribution in [3.8, 4) is 0 Å². The second-order valence-corrected chi connectivity index (χ2v) is 4.49. The Balaban J connectivity index is 2.44. The van der Waals surface area contributed by atoms with E-state index in [2.05, 4.69) is 19.2 Å². The predicted octanol–water partition coefficient (Wildman–Crippen LogP) is 3.45. The summed E-state index contributed by atoms with van der Waals surface area (Å²) in [7, 11) is 0. The minimum atomic E-state index is -0.0757. The highest BCUT2D eigenvalue weighted by Gasteiger charge is 2.05. The Hall–Kier alpha value is -0.890. The quantitative estimate of drug-likeness (QED) is 0.779. The minimum Gasteiger partial charge on any atom is -0.314 e. The molecule has 0 bridgehead atoms. The van der Waals surface area contributed by atoms with Crippen molar-refractivity contribution in [2.24, 2.45) is 0 Å². The lowest BCUT2D eigenvalue weighted by Crippen LogP contribution is -2.27. The van der Waals surface area contributed by atoms with Crippen LogP contribution < -0.4 is 5.32 Å². The molecular weight excluding hydrogens is 201 g/mol. The molecule has 0 radical (unpaired) electrons.